The first-order valence-corrected chi connectivity index (χ1v) is 9.87. The predicted molar refractivity (Wildman–Crippen MR) is 122 cm³/mol. The molecule has 6 rings (SSSR count). The number of fused-ring (bicyclic) bond motifs is 3. The van der Waals surface area contributed by atoms with Crippen LogP contribution in [0.2, 0.25) is 0 Å². The highest BCUT2D eigenvalue weighted by Crippen LogP contribution is 2.43. The highest BCUT2D eigenvalue weighted by Gasteiger charge is 2.16. The third-order valence-electron chi connectivity index (χ3n) is 5.74. The summed E-state index contributed by atoms with van der Waals surface area (Å²) in [6.07, 6.45) is 1.75. The summed E-state index contributed by atoms with van der Waals surface area (Å²) < 4.78 is 5.56. The maximum Gasteiger partial charge on any atom is 0.133 e. The largest absolute Gasteiger partial charge is 0.464 e. The van der Waals surface area contributed by atoms with E-state index < -0.39 is 0 Å². The highest BCUT2D eigenvalue weighted by molar-refractivity contribution is 6.21. The zero-order chi connectivity index (χ0) is 19.2. The lowest BCUT2D eigenvalue weighted by atomic mass is 9.86. The van der Waals surface area contributed by atoms with Gasteiger partial charge >= 0.3 is 0 Å². The summed E-state index contributed by atoms with van der Waals surface area (Å²) in [5.41, 5.74) is 5.95. The molecular weight excluding hydrogens is 352 g/mol. The lowest BCUT2D eigenvalue weighted by Crippen LogP contribution is -1.90. The van der Waals surface area contributed by atoms with Crippen LogP contribution in [-0.2, 0) is 0 Å². The van der Waals surface area contributed by atoms with Gasteiger partial charge in [-0.1, -0.05) is 84.9 Å². The molecule has 29 heavy (non-hydrogen) atoms. The van der Waals surface area contributed by atoms with E-state index in [1.54, 1.807) is 6.26 Å². The SMILES string of the molecule is c1ccc(-c2c3ccccc3c(-c3ccc4occc4c3)c3ccccc23)cc1. The fraction of sp³-hybridized carbons (Fsp3) is 0. The van der Waals surface area contributed by atoms with Gasteiger partial charge in [-0.3, -0.25) is 0 Å². The van der Waals surface area contributed by atoms with Crippen molar-refractivity contribution in [1.82, 2.24) is 0 Å². The predicted octanol–water partition coefficient (Wildman–Crippen LogP) is 8.07. The van der Waals surface area contributed by atoms with Crippen molar-refractivity contribution in [3.05, 3.63) is 109 Å². The second-order valence-electron chi connectivity index (χ2n) is 7.38. The second-order valence-corrected chi connectivity index (χ2v) is 7.38. The van der Waals surface area contributed by atoms with Crippen LogP contribution in [0, 0.1) is 0 Å². The average molecular weight is 370 g/mol. The molecule has 0 fully saturated rings. The van der Waals surface area contributed by atoms with Crippen molar-refractivity contribution in [3.63, 3.8) is 0 Å². The molecule has 1 heterocycles. The van der Waals surface area contributed by atoms with E-state index in [1.807, 2.05) is 6.07 Å². The van der Waals surface area contributed by atoms with Crippen LogP contribution < -0.4 is 0 Å². The third kappa shape index (κ3) is 2.48. The van der Waals surface area contributed by atoms with Gasteiger partial charge in [0.1, 0.15) is 5.58 Å². The van der Waals surface area contributed by atoms with E-state index in [1.165, 1.54) is 43.8 Å². The maximum atomic E-state index is 5.56. The van der Waals surface area contributed by atoms with Gasteiger partial charge in [-0.05, 0) is 62.0 Å². The molecule has 0 aliphatic heterocycles. The molecule has 0 saturated heterocycles. The van der Waals surface area contributed by atoms with E-state index >= 15 is 0 Å². The monoisotopic (exact) mass is 370 g/mol. The van der Waals surface area contributed by atoms with Crippen LogP contribution in [0.25, 0.3) is 54.8 Å². The van der Waals surface area contributed by atoms with Gasteiger partial charge in [-0.2, -0.15) is 0 Å². The standard InChI is InChI=1S/C28H18O/c1-2-8-19(9-3-1)27-22-10-4-6-12-24(22)28(25-13-7-5-11-23(25)27)21-14-15-26-20(18-21)16-17-29-26/h1-18H. The maximum absolute atomic E-state index is 5.56. The van der Waals surface area contributed by atoms with Crippen LogP contribution in [0.1, 0.15) is 0 Å². The average Bonchev–Trinajstić information content (AvgIpc) is 3.26. The molecule has 0 N–H and O–H groups in total. The smallest absolute Gasteiger partial charge is 0.133 e. The topological polar surface area (TPSA) is 13.1 Å². The quantitative estimate of drug-likeness (QED) is 0.281. The summed E-state index contributed by atoms with van der Waals surface area (Å²) in [5.74, 6) is 0. The third-order valence-corrected chi connectivity index (χ3v) is 5.74. The van der Waals surface area contributed by atoms with Gasteiger partial charge in [-0.15, -0.1) is 0 Å². The normalized spacial score (nSPS) is 11.4. The molecule has 5 aromatic carbocycles. The van der Waals surface area contributed by atoms with Crippen molar-refractivity contribution in [3.8, 4) is 22.3 Å². The van der Waals surface area contributed by atoms with Gasteiger partial charge < -0.3 is 4.42 Å². The van der Waals surface area contributed by atoms with Crippen LogP contribution in [0.3, 0.4) is 0 Å². The Morgan fingerprint density at radius 2 is 1.00 bits per heavy atom. The van der Waals surface area contributed by atoms with Gasteiger partial charge in [0, 0.05) is 5.39 Å². The van der Waals surface area contributed by atoms with Crippen molar-refractivity contribution in [2.24, 2.45) is 0 Å². The van der Waals surface area contributed by atoms with Gasteiger partial charge in [0.25, 0.3) is 0 Å². The van der Waals surface area contributed by atoms with E-state index in [0.717, 1.165) is 11.0 Å². The molecule has 0 atom stereocenters. The summed E-state index contributed by atoms with van der Waals surface area (Å²) in [6.45, 7) is 0. The Labute approximate surface area is 168 Å². The van der Waals surface area contributed by atoms with Crippen molar-refractivity contribution in [2.75, 3.05) is 0 Å². The highest BCUT2D eigenvalue weighted by atomic mass is 16.3. The number of furan rings is 1. The van der Waals surface area contributed by atoms with Crippen molar-refractivity contribution < 1.29 is 4.42 Å². The molecule has 0 aliphatic carbocycles. The van der Waals surface area contributed by atoms with Gasteiger partial charge in [0.05, 0.1) is 6.26 Å². The van der Waals surface area contributed by atoms with Crippen LogP contribution in [0.4, 0.5) is 0 Å². The molecule has 0 saturated carbocycles. The number of hydrogen-bond acceptors (Lipinski definition) is 1. The fourth-order valence-electron chi connectivity index (χ4n) is 4.48. The number of rotatable bonds is 2. The molecule has 0 spiro atoms. The second kappa shape index (κ2) is 6.35. The summed E-state index contributed by atoms with van der Waals surface area (Å²) in [7, 11) is 0. The molecule has 0 unspecified atom stereocenters. The van der Waals surface area contributed by atoms with E-state index in [0.29, 0.717) is 0 Å². The Morgan fingerprint density at radius 1 is 0.448 bits per heavy atom. The molecule has 136 valence electrons. The van der Waals surface area contributed by atoms with E-state index in [9.17, 15) is 0 Å². The first-order chi connectivity index (χ1) is 14.4. The Bertz CT molecular complexity index is 1430. The van der Waals surface area contributed by atoms with Crippen LogP contribution in [-0.4, -0.2) is 0 Å². The van der Waals surface area contributed by atoms with Crippen LogP contribution >= 0.6 is 0 Å². The Balaban J connectivity index is 1.80. The Kier molecular flexibility index (Phi) is 3.54. The summed E-state index contributed by atoms with van der Waals surface area (Å²) >= 11 is 0. The Morgan fingerprint density at radius 3 is 1.62 bits per heavy atom. The van der Waals surface area contributed by atoms with Gasteiger partial charge in [0.15, 0.2) is 0 Å². The van der Waals surface area contributed by atoms with E-state index in [4.69, 9.17) is 4.42 Å². The zero-order valence-electron chi connectivity index (χ0n) is 15.8. The van der Waals surface area contributed by atoms with E-state index in [-0.39, 0.29) is 0 Å². The molecule has 1 heteroatoms. The molecule has 1 nitrogen and oxygen atoms in total. The van der Waals surface area contributed by atoms with Crippen molar-refractivity contribution in [1.29, 1.82) is 0 Å². The lowest BCUT2D eigenvalue weighted by Gasteiger charge is -2.17. The minimum Gasteiger partial charge on any atom is -0.464 e. The molecule has 0 radical (unpaired) electrons. The summed E-state index contributed by atoms with van der Waals surface area (Å²) in [4.78, 5) is 0. The molecule has 0 bridgehead atoms. The first kappa shape index (κ1) is 16.1. The Hall–Kier alpha value is -3.84. The van der Waals surface area contributed by atoms with Crippen LogP contribution in [0.15, 0.2) is 114 Å². The molecule has 0 amide bonds. The fourth-order valence-corrected chi connectivity index (χ4v) is 4.48. The number of benzene rings is 5. The number of hydrogen-bond donors (Lipinski definition) is 0. The van der Waals surface area contributed by atoms with E-state index in [2.05, 4.69) is 97.1 Å². The van der Waals surface area contributed by atoms with Crippen molar-refractivity contribution in [2.45, 2.75) is 0 Å². The zero-order valence-corrected chi connectivity index (χ0v) is 15.8. The van der Waals surface area contributed by atoms with Gasteiger partial charge in [0.2, 0.25) is 0 Å². The lowest BCUT2D eigenvalue weighted by molar-refractivity contribution is 0.616. The first-order valence-electron chi connectivity index (χ1n) is 9.87. The molecule has 6 aromatic rings. The van der Waals surface area contributed by atoms with Crippen LogP contribution in [0.5, 0.6) is 0 Å². The van der Waals surface area contributed by atoms with Crippen molar-refractivity contribution >= 4 is 32.5 Å². The minimum absolute atomic E-state index is 0.920. The molecule has 0 aliphatic rings. The summed E-state index contributed by atoms with van der Waals surface area (Å²) in [6, 6.07) is 36.7. The van der Waals surface area contributed by atoms with Gasteiger partial charge in [-0.25, -0.2) is 0 Å². The molecule has 1 aromatic heterocycles. The minimum atomic E-state index is 0.920. The molecular formula is C28H18O. The summed E-state index contributed by atoms with van der Waals surface area (Å²) in [5, 5.41) is 6.22.